The molecule has 0 aliphatic heterocycles. The third kappa shape index (κ3) is 1.85. The molecule has 0 radical (unpaired) electrons. The van der Waals surface area contributed by atoms with Crippen LogP contribution in [0.3, 0.4) is 0 Å². The Balaban J connectivity index is 2.95. The Morgan fingerprint density at radius 3 is 2.55 bits per heavy atom. The van der Waals surface area contributed by atoms with Gasteiger partial charge in [-0.1, -0.05) is 0 Å². The third-order valence-corrected chi connectivity index (χ3v) is 2.12. The van der Waals surface area contributed by atoms with Gasteiger partial charge in [-0.2, -0.15) is 0 Å². The molecule has 3 nitrogen and oxygen atoms in total. The van der Waals surface area contributed by atoms with Crippen LogP contribution in [0.25, 0.3) is 0 Å². The maximum absolute atomic E-state index is 5.04. The molecule has 0 aliphatic rings. The van der Waals surface area contributed by atoms with Crippen molar-refractivity contribution in [2.75, 3.05) is 7.11 Å². The quantitative estimate of drug-likeness (QED) is 0.766. The molecule has 1 rings (SSSR count). The molecule has 62 valence electrons. The zero-order chi connectivity index (χ0) is 8.43. The van der Waals surface area contributed by atoms with E-state index in [0.29, 0.717) is 11.9 Å². The Hall–Kier alpha value is -0.260. The molecule has 0 N–H and O–H groups in total. The van der Waals surface area contributed by atoms with E-state index in [-0.39, 0.29) is 0 Å². The van der Waals surface area contributed by atoms with Gasteiger partial charge in [0, 0.05) is 12.2 Å². The summed E-state index contributed by atoms with van der Waals surface area (Å²) in [5.41, 5.74) is 0. The summed E-state index contributed by atoms with van der Waals surface area (Å²) in [7, 11) is 1.63. The fourth-order valence-corrected chi connectivity index (χ4v) is 1.37. The molecule has 4 heteroatoms. The number of methoxy groups -OCH3 is 1. The van der Waals surface area contributed by atoms with Gasteiger partial charge in [0.25, 0.3) is 0 Å². The van der Waals surface area contributed by atoms with E-state index in [9.17, 15) is 0 Å². The maximum Gasteiger partial charge on any atom is 0.246 e. The van der Waals surface area contributed by atoms with E-state index >= 15 is 0 Å². The molecule has 0 fully saturated rings. The van der Waals surface area contributed by atoms with E-state index in [1.54, 1.807) is 7.11 Å². The Morgan fingerprint density at radius 2 is 2.27 bits per heavy atom. The van der Waals surface area contributed by atoms with Crippen LogP contribution in [0.1, 0.15) is 19.9 Å². The Bertz CT molecular complexity index is 245. The van der Waals surface area contributed by atoms with E-state index in [1.165, 1.54) is 0 Å². The first-order chi connectivity index (χ1) is 5.15. The highest BCUT2D eigenvalue weighted by Crippen LogP contribution is 2.19. The largest absolute Gasteiger partial charge is 0.479 e. The molecule has 0 saturated heterocycles. The molecule has 0 spiro atoms. The van der Waals surface area contributed by atoms with Crippen LogP contribution in [0.4, 0.5) is 0 Å². The summed E-state index contributed by atoms with van der Waals surface area (Å²) < 4.78 is 7.98. The molecule has 0 amide bonds. The van der Waals surface area contributed by atoms with Crippen molar-refractivity contribution in [2.45, 2.75) is 19.9 Å². The summed E-state index contributed by atoms with van der Waals surface area (Å²) >= 11 is 2.21. The van der Waals surface area contributed by atoms with Gasteiger partial charge >= 0.3 is 0 Å². The molecule has 0 aliphatic carbocycles. The lowest BCUT2D eigenvalue weighted by atomic mass is 10.4. The minimum atomic E-state index is 0.396. The van der Waals surface area contributed by atoms with E-state index in [1.807, 2.05) is 10.9 Å². The maximum atomic E-state index is 5.04. The number of rotatable bonds is 2. The van der Waals surface area contributed by atoms with Crippen LogP contribution in [-0.2, 0) is 0 Å². The highest BCUT2D eigenvalue weighted by molar-refractivity contribution is 14.1. The van der Waals surface area contributed by atoms with Crippen molar-refractivity contribution in [1.29, 1.82) is 0 Å². The van der Waals surface area contributed by atoms with Gasteiger partial charge in [-0.25, -0.2) is 0 Å². The monoisotopic (exact) mass is 266 g/mol. The van der Waals surface area contributed by atoms with Crippen molar-refractivity contribution in [1.82, 2.24) is 9.78 Å². The van der Waals surface area contributed by atoms with Crippen molar-refractivity contribution < 1.29 is 4.74 Å². The molecule has 0 bridgehead atoms. The topological polar surface area (TPSA) is 27.1 Å². The molecular formula is C7H11IN2O. The first-order valence-electron chi connectivity index (χ1n) is 3.43. The van der Waals surface area contributed by atoms with Crippen molar-refractivity contribution >= 4 is 22.6 Å². The van der Waals surface area contributed by atoms with E-state index in [2.05, 4.69) is 41.5 Å². The van der Waals surface area contributed by atoms with E-state index in [0.717, 1.165) is 3.57 Å². The van der Waals surface area contributed by atoms with E-state index < -0.39 is 0 Å². The van der Waals surface area contributed by atoms with Gasteiger partial charge in [-0.05, 0) is 36.4 Å². The Morgan fingerprint density at radius 1 is 1.64 bits per heavy atom. The lowest BCUT2D eigenvalue weighted by molar-refractivity contribution is 0.381. The number of hydrogen-bond acceptors (Lipinski definition) is 2. The molecule has 0 aromatic carbocycles. The normalized spacial score (nSPS) is 10.6. The van der Waals surface area contributed by atoms with Crippen molar-refractivity contribution in [2.24, 2.45) is 0 Å². The van der Waals surface area contributed by atoms with Crippen LogP contribution < -0.4 is 4.74 Å². The summed E-state index contributed by atoms with van der Waals surface area (Å²) in [4.78, 5) is 0. The second-order valence-electron chi connectivity index (χ2n) is 2.56. The number of aromatic nitrogens is 2. The molecule has 1 aromatic heterocycles. The minimum absolute atomic E-state index is 0.396. The van der Waals surface area contributed by atoms with Gasteiger partial charge < -0.3 is 4.74 Å². The first-order valence-corrected chi connectivity index (χ1v) is 4.51. The van der Waals surface area contributed by atoms with Crippen LogP contribution >= 0.6 is 22.6 Å². The fourth-order valence-electron chi connectivity index (χ4n) is 0.756. The Kier molecular flexibility index (Phi) is 2.75. The Labute approximate surface area is 79.9 Å². The third-order valence-electron chi connectivity index (χ3n) is 1.38. The lowest BCUT2D eigenvalue weighted by Gasteiger charge is -2.02. The van der Waals surface area contributed by atoms with E-state index in [4.69, 9.17) is 4.74 Å². The standard InChI is InChI=1S/C7H11IN2O/c1-5(2)10-4-6(8)7(9-10)11-3/h4-5H,1-3H3. The highest BCUT2D eigenvalue weighted by Gasteiger charge is 2.07. The summed E-state index contributed by atoms with van der Waals surface area (Å²) in [6, 6.07) is 0.396. The zero-order valence-electron chi connectivity index (χ0n) is 6.84. The molecule has 0 atom stereocenters. The van der Waals surface area contributed by atoms with Crippen LogP contribution in [0.15, 0.2) is 6.20 Å². The SMILES string of the molecule is COc1nn(C(C)C)cc1I. The molecular weight excluding hydrogens is 255 g/mol. The average molecular weight is 266 g/mol. The smallest absolute Gasteiger partial charge is 0.246 e. The van der Waals surface area contributed by atoms with Crippen LogP contribution in [-0.4, -0.2) is 16.9 Å². The number of ether oxygens (including phenoxy) is 1. The second kappa shape index (κ2) is 3.42. The number of halogens is 1. The first kappa shape index (κ1) is 8.83. The van der Waals surface area contributed by atoms with Crippen molar-refractivity contribution in [3.63, 3.8) is 0 Å². The predicted octanol–water partition coefficient (Wildman–Crippen LogP) is 2.08. The van der Waals surface area contributed by atoms with Crippen LogP contribution in [0.5, 0.6) is 5.88 Å². The van der Waals surface area contributed by atoms with Gasteiger partial charge in [-0.15, -0.1) is 5.10 Å². The summed E-state index contributed by atoms with van der Waals surface area (Å²) in [6.07, 6.45) is 1.98. The minimum Gasteiger partial charge on any atom is -0.479 e. The van der Waals surface area contributed by atoms with Gasteiger partial charge in [0.1, 0.15) is 0 Å². The molecule has 0 unspecified atom stereocenters. The number of nitrogens with zero attached hydrogens (tertiary/aromatic N) is 2. The summed E-state index contributed by atoms with van der Waals surface area (Å²) in [6.45, 7) is 4.17. The fraction of sp³-hybridized carbons (Fsp3) is 0.571. The van der Waals surface area contributed by atoms with Crippen molar-refractivity contribution in [3.05, 3.63) is 9.77 Å². The van der Waals surface area contributed by atoms with Crippen LogP contribution in [0, 0.1) is 3.57 Å². The molecule has 0 saturated carbocycles. The average Bonchev–Trinajstić information content (AvgIpc) is 2.31. The van der Waals surface area contributed by atoms with Gasteiger partial charge in [0.05, 0.1) is 10.7 Å². The zero-order valence-corrected chi connectivity index (χ0v) is 8.99. The van der Waals surface area contributed by atoms with Crippen molar-refractivity contribution in [3.8, 4) is 5.88 Å². The number of hydrogen-bond donors (Lipinski definition) is 0. The lowest BCUT2D eigenvalue weighted by Crippen LogP contribution is -2.00. The highest BCUT2D eigenvalue weighted by atomic mass is 127. The van der Waals surface area contributed by atoms with Gasteiger partial charge in [0.15, 0.2) is 0 Å². The van der Waals surface area contributed by atoms with Gasteiger partial charge in [0.2, 0.25) is 5.88 Å². The molecule has 1 heterocycles. The summed E-state index contributed by atoms with van der Waals surface area (Å²) in [5.74, 6) is 0.708. The molecule has 11 heavy (non-hydrogen) atoms. The summed E-state index contributed by atoms with van der Waals surface area (Å²) in [5, 5.41) is 4.21. The van der Waals surface area contributed by atoms with Gasteiger partial charge in [-0.3, -0.25) is 4.68 Å². The molecule has 1 aromatic rings. The second-order valence-corrected chi connectivity index (χ2v) is 3.72. The predicted molar refractivity (Wildman–Crippen MR) is 51.9 cm³/mol. The van der Waals surface area contributed by atoms with Crippen LogP contribution in [0.2, 0.25) is 0 Å².